The Morgan fingerprint density at radius 3 is 2.59 bits per heavy atom. The normalized spacial score (nSPS) is 26.6. The lowest BCUT2D eigenvalue weighted by molar-refractivity contribution is -0.0541. The molecular formula is C26H36N4O4. The van der Waals surface area contributed by atoms with Crippen LogP contribution in [-0.2, 0) is 10.3 Å². The van der Waals surface area contributed by atoms with Crippen LogP contribution in [0.5, 0.6) is 0 Å². The smallest absolute Gasteiger partial charge is 0.410 e. The van der Waals surface area contributed by atoms with Gasteiger partial charge in [-0.25, -0.2) is 4.79 Å². The molecule has 2 aliphatic heterocycles. The minimum Gasteiger partial charge on any atom is -0.444 e. The van der Waals surface area contributed by atoms with Crippen LogP contribution in [0.3, 0.4) is 0 Å². The summed E-state index contributed by atoms with van der Waals surface area (Å²) < 4.78 is 11.0. The van der Waals surface area contributed by atoms with E-state index in [2.05, 4.69) is 27.9 Å². The topological polar surface area (TPSA) is 99.9 Å². The molecular weight excluding hydrogens is 432 g/mol. The highest BCUT2D eigenvalue weighted by atomic mass is 16.6. The van der Waals surface area contributed by atoms with Crippen LogP contribution in [0.2, 0.25) is 0 Å². The lowest BCUT2D eigenvalue weighted by Gasteiger charge is -2.43. The number of nitrogens with one attached hydrogen (secondary N) is 2. The van der Waals surface area contributed by atoms with Gasteiger partial charge in [0.2, 0.25) is 0 Å². The van der Waals surface area contributed by atoms with Gasteiger partial charge in [0.05, 0.1) is 28.8 Å². The van der Waals surface area contributed by atoms with Crippen LogP contribution >= 0.6 is 0 Å². The fourth-order valence-electron chi connectivity index (χ4n) is 5.41. The molecule has 1 aromatic carbocycles. The lowest BCUT2D eigenvalue weighted by atomic mass is 9.79. The maximum atomic E-state index is 12.8. The number of amides is 1. The predicted molar refractivity (Wildman–Crippen MR) is 131 cm³/mol. The van der Waals surface area contributed by atoms with Crippen LogP contribution < -0.4 is 10.6 Å². The summed E-state index contributed by atoms with van der Waals surface area (Å²) in [5, 5.41) is 23.5. The zero-order chi connectivity index (χ0) is 24.4. The second-order valence-corrected chi connectivity index (χ2v) is 11.3. The van der Waals surface area contributed by atoms with Crippen molar-refractivity contribution in [2.75, 3.05) is 17.2 Å². The third-order valence-electron chi connectivity index (χ3n) is 7.23. The molecule has 2 aromatic rings. The molecule has 34 heavy (non-hydrogen) atoms. The number of hydrogen-bond acceptors (Lipinski definition) is 7. The molecule has 1 saturated heterocycles. The Labute approximate surface area is 201 Å². The zero-order valence-electron chi connectivity index (χ0n) is 21.0. The number of ether oxygens (including phenoxy) is 1. The highest BCUT2D eigenvalue weighted by molar-refractivity contribution is 5.85. The highest BCUT2D eigenvalue weighted by Gasteiger charge is 2.45. The molecule has 8 nitrogen and oxygen atoms in total. The molecule has 3 aliphatic rings. The first-order valence-electron chi connectivity index (χ1n) is 12.3. The number of aliphatic hydroxyl groups is 1. The van der Waals surface area contributed by atoms with Crippen molar-refractivity contribution in [3.63, 3.8) is 0 Å². The van der Waals surface area contributed by atoms with Crippen molar-refractivity contribution >= 4 is 17.5 Å². The molecule has 8 heteroatoms. The molecule has 3 N–H and O–H groups in total. The van der Waals surface area contributed by atoms with E-state index in [0.717, 1.165) is 39.5 Å². The molecule has 0 bridgehead atoms. The Kier molecular flexibility index (Phi) is 5.35. The molecule has 1 saturated carbocycles. The Balaban J connectivity index is 1.50. The second kappa shape index (κ2) is 7.90. The number of carbonyl (C=O) groups excluding carboxylic acids is 1. The van der Waals surface area contributed by atoms with Crippen molar-refractivity contribution in [1.82, 2.24) is 10.1 Å². The van der Waals surface area contributed by atoms with Crippen LogP contribution in [0, 0.1) is 19.8 Å². The number of carbonyl (C=O) groups is 1. The second-order valence-electron chi connectivity index (χ2n) is 11.3. The van der Waals surface area contributed by atoms with E-state index in [0.29, 0.717) is 25.3 Å². The zero-order valence-corrected chi connectivity index (χ0v) is 21.0. The molecule has 5 rings (SSSR count). The molecule has 0 radical (unpaired) electrons. The van der Waals surface area contributed by atoms with Gasteiger partial charge in [0, 0.05) is 30.1 Å². The van der Waals surface area contributed by atoms with Gasteiger partial charge in [0.25, 0.3) is 0 Å². The maximum Gasteiger partial charge on any atom is 0.410 e. The average Bonchev–Trinajstić information content (AvgIpc) is 3.40. The monoisotopic (exact) mass is 468 g/mol. The summed E-state index contributed by atoms with van der Waals surface area (Å²) in [6, 6.07) is 4.04. The Morgan fingerprint density at radius 2 is 2.00 bits per heavy atom. The molecule has 0 spiro atoms. The number of rotatable bonds is 3. The Hall–Kier alpha value is -2.74. The van der Waals surface area contributed by atoms with Gasteiger partial charge in [-0.1, -0.05) is 5.16 Å². The van der Waals surface area contributed by atoms with Gasteiger partial charge in [-0.2, -0.15) is 0 Å². The maximum absolute atomic E-state index is 12.8. The Bertz CT molecular complexity index is 1100. The predicted octanol–water partition coefficient (Wildman–Crippen LogP) is 5.14. The van der Waals surface area contributed by atoms with Crippen molar-refractivity contribution in [2.24, 2.45) is 5.92 Å². The van der Waals surface area contributed by atoms with Crippen molar-refractivity contribution < 1.29 is 19.2 Å². The van der Waals surface area contributed by atoms with E-state index in [1.807, 2.05) is 41.5 Å². The number of anilines is 2. The number of aryl methyl sites for hydroxylation is 2. The largest absolute Gasteiger partial charge is 0.444 e. The minimum absolute atomic E-state index is 0.166. The van der Waals surface area contributed by atoms with E-state index in [-0.39, 0.29) is 18.3 Å². The fraction of sp³-hybridized carbons (Fsp3) is 0.615. The summed E-state index contributed by atoms with van der Waals surface area (Å²) in [6.07, 6.45) is 3.12. The van der Waals surface area contributed by atoms with Gasteiger partial charge in [-0.3, -0.25) is 0 Å². The first kappa shape index (κ1) is 23.0. The van der Waals surface area contributed by atoms with E-state index < -0.39 is 11.2 Å². The van der Waals surface area contributed by atoms with Crippen molar-refractivity contribution in [1.29, 1.82) is 0 Å². The van der Waals surface area contributed by atoms with Crippen LogP contribution in [0.1, 0.15) is 70.4 Å². The molecule has 1 aromatic heterocycles. The van der Waals surface area contributed by atoms with Crippen molar-refractivity contribution in [2.45, 2.75) is 90.6 Å². The highest BCUT2D eigenvalue weighted by Crippen LogP contribution is 2.49. The first-order valence-corrected chi connectivity index (χ1v) is 12.3. The van der Waals surface area contributed by atoms with Gasteiger partial charge in [-0.05, 0) is 84.4 Å². The van der Waals surface area contributed by atoms with Gasteiger partial charge in [0.1, 0.15) is 11.4 Å². The van der Waals surface area contributed by atoms with Crippen LogP contribution in [0.4, 0.5) is 16.2 Å². The van der Waals surface area contributed by atoms with Crippen LogP contribution in [0.25, 0.3) is 11.1 Å². The molecule has 3 atom stereocenters. The van der Waals surface area contributed by atoms with Gasteiger partial charge < -0.3 is 29.9 Å². The summed E-state index contributed by atoms with van der Waals surface area (Å²) in [5.74, 6) is 1.36. The summed E-state index contributed by atoms with van der Waals surface area (Å²) in [5.41, 5.74) is 3.97. The number of hydrogen-bond donors (Lipinski definition) is 3. The van der Waals surface area contributed by atoms with E-state index in [4.69, 9.17) is 9.26 Å². The van der Waals surface area contributed by atoms with Crippen LogP contribution in [-0.4, -0.2) is 45.6 Å². The van der Waals surface area contributed by atoms with E-state index in [1.165, 1.54) is 12.8 Å². The number of likely N-dealkylation sites (tertiary alicyclic amines) is 1. The molecule has 184 valence electrons. The minimum atomic E-state index is -1.08. The van der Waals surface area contributed by atoms with Crippen molar-refractivity contribution in [3.05, 3.63) is 29.2 Å². The SMILES string of the molecule is Cc1noc(C)c1-c1cc2c(c(C3(O)CCN(C(=O)OC(C)(C)C)C(C)C3)c1)NC(C1CC1)N2. The standard InChI is InChI=1S/C26H36N4O4/c1-14-13-26(32,9-10-30(14)24(31)33-25(4,5)6)19-11-18(21-15(2)29-34-16(21)3)12-20-22(19)28-23(27-20)17-7-8-17/h11-12,14,17,23,27-28,32H,7-10,13H2,1-6H3. The van der Waals surface area contributed by atoms with Gasteiger partial charge >= 0.3 is 6.09 Å². The van der Waals surface area contributed by atoms with Gasteiger partial charge in [-0.15, -0.1) is 0 Å². The summed E-state index contributed by atoms with van der Waals surface area (Å²) in [7, 11) is 0. The molecule has 3 heterocycles. The first-order chi connectivity index (χ1) is 15.9. The quantitative estimate of drug-likeness (QED) is 0.573. The Morgan fingerprint density at radius 1 is 1.26 bits per heavy atom. The summed E-state index contributed by atoms with van der Waals surface area (Å²) in [6.45, 7) is 11.9. The van der Waals surface area contributed by atoms with Crippen LogP contribution in [0.15, 0.2) is 16.7 Å². The molecule has 2 fully saturated rings. The third-order valence-corrected chi connectivity index (χ3v) is 7.23. The number of benzene rings is 1. The number of nitrogens with zero attached hydrogens (tertiary/aromatic N) is 2. The van der Waals surface area contributed by atoms with E-state index >= 15 is 0 Å². The molecule has 3 unspecified atom stereocenters. The summed E-state index contributed by atoms with van der Waals surface area (Å²) in [4.78, 5) is 14.5. The van der Waals surface area contributed by atoms with Crippen molar-refractivity contribution in [3.8, 4) is 11.1 Å². The third kappa shape index (κ3) is 4.13. The molecule has 1 amide bonds. The fourth-order valence-corrected chi connectivity index (χ4v) is 5.41. The number of aromatic nitrogens is 1. The van der Waals surface area contributed by atoms with E-state index in [1.54, 1.807) is 4.90 Å². The van der Waals surface area contributed by atoms with E-state index in [9.17, 15) is 9.90 Å². The molecule has 1 aliphatic carbocycles. The number of piperidine rings is 1. The summed E-state index contributed by atoms with van der Waals surface area (Å²) >= 11 is 0. The lowest BCUT2D eigenvalue weighted by Crippen LogP contribution is -2.51. The average molecular weight is 469 g/mol. The van der Waals surface area contributed by atoms with Gasteiger partial charge in [0.15, 0.2) is 0 Å². The number of fused-ring (bicyclic) bond motifs is 1.